The molecule has 1 aliphatic carbocycles. The zero-order valence-corrected chi connectivity index (χ0v) is 26.2. The van der Waals surface area contributed by atoms with E-state index in [1.807, 2.05) is 0 Å². The summed E-state index contributed by atoms with van der Waals surface area (Å²) < 4.78 is 92.8. The van der Waals surface area contributed by atoms with Crippen molar-refractivity contribution in [1.82, 2.24) is 4.90 Å². The average Bonchev–Trinajstić information content (AvgIpc) is 3.83. The molecule has 1 amide bonds. The number of rotatable bonds is 11. The first kappa shape index (κ1) is 33.2. The number of carbonyl (C=O) groups is 1. The zero-order chi connectivity index (χ0) is 32.5. The summed E-state index contributed by atoms with van der Waals surface area (Å²) in [5, 5.41) is -0.183. The fourth-order valence-electron chi connectivity index (χ4n) is 5.66. The molecule has 1 saturated heterocycles. The van der Waals surface area contributed by atoms with Gasteiger partial charge >= 0.3 is 6.18 Å². The minimum Gasteiger partial charge on any atom is -0.358 e. The maximum absolute atomic E-state index is 15.2. The number of ether oxygens (including phenoxy) is 1. The summed E-state index contributed by atoms with van der Waals surface area (Å²) in [4.78, 5) is 15.3. The minimum absolute atomic E-state index is 0.0319. The summed E-state index contributed by atoms with van der Waals surface area (Å²) in [6.45, 7) is 2.83. The second-order valence-corrected chi connectivity index (χ2v) is 14.1. The first-order valence-electron chi connectivity index (χ1n) is 14.2. The summed E-state index contributed by atoms with van der Waals surface area (Å²) in [6.07, 6.45) is -6.71. The molecule has 5 rings (SSSR count). The van der Waals surface area contributed by atoms with Gasteiger partial charge in [0.1, 0.15) is 18.0 Å². The Morgan fingerprint density at radius 3 is 2.29 bits per heavy atom. The Morgan fingerprint density at radius 2 is 1.69 bits per heavy atom. The highest BCUT2D eigenvalue weighted by Gasteiger charge is 2.51. The molecule has 0 spiro atoms. The van der Waals surface area contributed by atoms with Gasteiger partial charge in [0.05, 0.1) is 36.0 Å². The first-order valence-corrected chi connectivity index (χ1v) is 16.5. The Hall–Kier alpha value is -3.12. The molecule has 2 fully saturated rings. The van der Waals surface area contributed by atoms with E-state index in [-0.39, 0.29) is 6.42 Å². The maximum Gasteiger partial charge on any atom is 0.391 e. The van der Waals surface area contributed by atoms with Crippen molar-refractivity contribution in [2.75, 3.05) is 10.8 Å². The van der Waals surface area contributed by atoms with Gasteiger partial charge in [-0.1, -0.05) is 65.7 Å². The summed E-state index contributed by atoms with van der Waals surface area (Å²) in [5.41, 5.74) is 0.482. The van der Waals surface area contributed by atoms with E-state index in [9.17, 15) is 26.4 Å². The van der Waals surface area contributed by atoms with Crippen LogP contribution in [0.1, 0.15) is 49.0 Å². The monoisotopic (exact) mass is 684 g/mol. The standard InChI is InChI=1S/C32H30Cl2F4N2O4S/c1-2-6-28-31(41)40(29(20-11-13-22(33)14-12-20)30(44-28)21-7-5-8-23(34)17-21)24(18-32(36,37)38)19-39(45(42,43)25-15-16-25)27-10-4-3-9-26(27)35/h2-5,7-14,17,24-25,28-30H,1,6,15-16,18-19H2/t24?,28-,29-,30-/m1/s1. The van der Waals surface area contributed by atoms with Crippen molar-refractivity contribution in [2.24, 2.45) is 0 Å². The average molecular weight is 686 g/mol. The van der Waals surface area contributed by atoms with Crippen LogP contribution in [0, 0.1) is 5.82 Å². The van der Waals surface area contributed by atoms with E-state index in [1.165, 1.54) is 36.4 Å². The highest BCUT2D eigenvalue weighted by molar-refractivity contribution is 7.93. The van der Waals surface area contributed by atoms with Crippen molar-refractivity contribution in [3.05, 3.63) is 112 Å². The lowest BCUT2D eigenvalue weighted by atomic mass is 9.89. The summed E-state index contributed by atoms with van der Waals surface area (Å²) in [7, 11) is -4.29. The molecule has 4 atom stereocenters. The molecule has 0 bridgehead atoms. The number of carbonyl (C=O) groups excluding carboxylic acids is 1. The molecular weight excluding hydrogens is 655 g/mol. The predicted molar refractivity (Wildman–Crippen MR) is 165 cm³/mol. The number of morpholine rings is 1. The summed E-state index contributed by atoms with van der Waals surface area (Å²) in [6, 6.07) is 14.8. The van der Waals surface area contributed by atoms with Crippen LogP contribution in [-0.4, -0.2) is 49.3 Å². The molecule has 3 aromatic carbocycles. The number of amides is 1. The normalized spacial score (nSPS) is 21.4. The Kier molecular flexibility index (Phi) is 9.84. The van der Waals surface area contributed by atoms with E-state index in [0.29, 0.717) is 38.3 Å². The molecule has 13 heteroatoms. The highest BCUT2D eigenvalue weighted by atomic mass is 35.5. The number of sulfonamides is 1. The van der Waals surface area contributed by atoms with Gasteiger partial charge in [-0.25, -0.2) is 12.8 Å². The van der Waals surface area contributed by atoms with E-state index in [0.717, 1.165) is 11.0 Å². The molecule has 3 aromatic rings. The summed E-state index contributed by atoms with van der Waals surface area (Å²) in [5.74, 6) is -1.71. The largest absolute Gasteiger partial charge is 0.391 e. The van der Waals surface area contributed by atoms with Crippen LogP contribution in [-0.2, 0) is 19.6 Å². The van der Waals surface area contributed by atoms with Crippen molar-refractivity contribution in [3.8, 4) is 0 Å². The van der Waals surface area contributed by atoms with Crippen molar-refractivity contribution < 1.29 is 35.5 Å². The van der Waals surface area contributed by atoms with Gasteiger partial charge in [0.25, 0.3) is 5.91 Å². The molecule has 1 aliphatic heterocycles. The maximum atomic E-state index is 15.2. The van der Waals surface area contributed by atoms with Crippen LogP contribution in [0.4, 0.5) is 23.2 Å². The van der Waals surface area contributed by atoms with Gasteiger partial charge in [-0.2, -0.15) is 13.2 Å². The third-order valence-corrected chi connectivity index (χ3v) is 10.6. The smallest absolute Gasteiger partial charge is 0.358 e. The number of benzene rings is 3. The third-order valence-electron chi connectivity index (χ3n) is 7.81. The van der Waals surface area contributed by atoms with E-state index in [1.54, 1.807) is 36.4 Å². The molecule has 0 N–H and O–H groups in total. The van der Waals surface area contributed by atoms with Crippen LogP contribution in [0.2, 0.25) is 10.0 Å². The summed E-state index contributed by atoms with van der Waals surface area (Å²) >= 11 is 12.4. The van der Waals surface area contributed by atoms with Gasteiger partial charge in [-0.05, 0) is 60.4 Å². The molecule has 45 heavy (non-hydrogen) atoms. The van der Waals surface area contributed by atoms with Crippen LogP contribution in [0.5, 0.6) is 0 Å². The molecule has 0 radical (unpaired) electrons. The van der Waals surface area contributed by atoms with E-state index < -0.39 is 76.1 Å². The van der Waals surface area contributed by atoms with Crippen molar-refractivity contribution in [3.63, 3.8) is 0 Å². The number of para-hydroxylation sites is 1. The first-order chi connectivity index (χ1) is 21.3. The number of alkyl halides is 3. The van der Waals surface area contributed by atoms with Crippen LogP contribution in [0.15, 0.2) is 85.5 Å². The molecule has 240 valence electrons. The third kappa shape index (κ3) is 7.48. The second-order valence-electron chi connectivity index (χ2n) is 11.1. The quantitative estimate of drug-likeness (QED) is 0.152. The van der Waals surface area contributed by atoms with Gasteiger partial charge in [0.2, 0.25) is 10.0 Å². The predicted octanol–water partition coefficient (Wildman–Crippen LogP) is 8.04. The number of hydrogen-bond donors (Lipinski definition) is 0. The van der Waals surface area contributed by atoms with Crippen LogP contribution < -0.4 is 4.31 Å². The van der Waals surface area contributed by atoms with E-state index in [4.69, 9.17) is 27.9 Å². The number of halogens is 6. The Morgan fingerprint density at radius 1 is 1.00 bits per heavy atom. The Balaban J connectivity index is 1.71. The number of nitrogens with zero attached hydrogens (tertiary/aromatic N) is 2. The molecule has 0 aromatic heterocycles. The van der Waals surface area contributed by atoms with Crippen molar-refractivity contribution in [2.45, 2.75) is 61.4 Å². The van der Waals surface area contributed by atoms with Crippen LogP contribution >= 0.6 is 23.2 Å². The van der Waals surface area contributed by atoms with Gasteiger partial charge in [0, 0.05) is 16.5 Å². The second kappa shape index (κ2) is 13.3. The fourth-order valence-corrected chi connectivity index (χ4v) is 7.88. The lowest BCUT2D eigenvalue weighted by Crippen LogP contribution is -2.58. The lowest BCUT2D eigenvalue weighted by Gasteiger charge is -2.49. The Labute approximate surface area is 269 Å². The molecule has 1 heterocycles. The highest BCUT2D eigenvalue weighted by Crippen LogP contribution is 2.46. The number of anilines is 1. The van der Waals surface area contributed by atoms with Crippen molar-refractivity contribution >= 4 is 44.8 Å². The lowest BCUT2D eigenvalue weighted by molar-refractivity contribution is -0.189. The van der Waals surface area contributed by atoms with Gasteiger partial charge in [-0.3, -0.25) is 9.10 Å². The zero-order valence-electron chi connectivity index (χ0n) is 23.8. The van der Waals surface area contributed by atoms with Gasteiger partial charge in [0.15, 0.2) is 0 Å². The van der Waals surface area contributed by atoms with Gasteiger partial charge < -0.3 is 9.64 Å². The molecule has 6 nitrogen and oxygen atoms in total. The molecule has 1 unspecified atom stereocenters. The van der Waals surface area contributed by atoms with Crippen molar-refractivity contribution in [1.29, 1.82) is 0 Å². The van der Waals surface area contributed by atoms with Crippen LogP contribution in [0.25, 0.3) is 0 Å². The topological polar surface area (TPSA) is 66.9 Å². The minimum atomic E-state index is -4.84. The molecule has 2 aliphatic rings. The van der Waals surface area contributed by atoms with Gasteiger partial charge in [-0.15, -0.1) is 6.58 Å². The fraction of sp³-hybridized carbons (Fsp3) is 0.344. The van der Waals surface area contributed by atoms with E-state index >= 15 is 4.39 Å². The number of hydrogen-bond acceptors (Lipinski definition) is 4. The SMILES string of the molecule is C=CC[C@H]1O[C@H](c2cccc(Cl)c2)[C@@H](c2ccc(Cl)cc2)N(C(CN(c2ccccc2F)S(=O)(=O)C2CC2)CC(F)(F)F)C1=O. The molecular formula is C32H30Cl2F4N2O4S. The van der Waals surface area contributed by atoms with E-state index in [2.05, 4.69) is 6.58 Å². The Bertz CT molecular complexity index is 1650. The molecule has 1 saturated carbocycles. The van der Waals surface area contributed by atoms with Crippen LogP contribution in [0.3, 0.4) is 0 Å².